The zero-order chi connectivity index (χ0) is 15.5. The highest BCUT2D eigenvalue weighted by Gasteiger charge is 2.06. The Hall–Kier alpha value is -1.92. The number of hydrogen-bond donors (Lipinski definition) is 3. The summed E-state index contributed by atoms with van der Waals surface area (Å²) in [7, 11) is -3.31. The summed E-state index contributed by atoms with van der Waals surface area (Å²) in [4.78, 5) is 0. The van der Waals surface area contributed by atoms with E-state index in [-0.39, 0.29) is 5.75 Å². The molecule has 3 N–H and O–H groups in total. The van der Waals surface area contributed by atoms with Gasteiger partial charge in [-0.25, -0.2) is 8.42 Å². The molecular formula is C14H15ClN2O3S. The Morgan fingerprint density at radius 1 is 1.14 bits per heavy atom. The number of aromatic hydroxyl groups is 1. The molecule has 2 rings (SSSR count). The molecule has 0 aromatic heterocycles. The van der Waals surface area contributed by atoms with Crippen molar-refractivity contribution in [1.82, 2.24) is 0 Å². The first-order valence-corrected chi connectivity index (χ1v) is 8.40. The van der Waals surface area contributed by atoms with Crippen molar-refractivity contribution in [2.24, 2.45) is 0 Å². The van der Waals surface area contributed by atoms with E-state index in [0.29, 0.717) is 28.5 Å². The molecule has 21 heavy (non-hydrogen) atoms. The van der Waals surface area contributed by atoms with Gasteiger partial charge in [0.15, 0.2) is 0 Å². The summed E-state index contributed by atoms with van der Waals surface area (Å²) in [5.74, 6) is 0.111. The van der Waals surface area contributed by atoms with Crippen LogP contribution in [-0.2, 0) is 16.6 Å². The Kier molecular flexibility index (Phi) is 4.59. The zero-order valence-corrected chi connectivity index (χ0v) is 12.9. The molecule has 2 aromatic rings. The van der Waals surface area contributed by atoms with Crippen molar-refractivity contribution in [3.05, 3.63) is 53.1 Å². The van der Waals surface area contributed by atoms with Gasteiger partial charge in [0.2, 0.25) is 10.0 Å². The number of sulfonamides is 1. The molecule has 0 aliphatic rings. The fraction of sp³-hybridized carbons (Fsp3) is 0.143. The van der Waals surface area contributed by atoms with E-state index in [1.165, 1.54) is 0 Å². The van der Waals surface area contributed by atoms with Gasteiger partial charge in [0, 0.05) is 22.8 Å². The van der Waals surface area contributed by atoms with Crippen molar-refractivity contribution < 1.29 is 13.5 Å². The summed E-state index contributed by atoms with van der Waals surface area (Å²) in [5.41, 5.74) is 1.76. The lowest BCUT2D eigenvalue weighted by Crippen LogP contribution is -2.09. The molecule has 112 valence electrons. The minimum absolute atomic E-state index is 0.111. The maximum atomic E-state index is 11.2. The van der Waals surface area contributed by atoms with Gasteiger partial charge in [-0.15, -0.1) is 0 Å². The second kappa shape index (κ2) is 6.24. The van der Waals surface area contributed by atoms with Gasteiger partial charge in [-0.2, -0.15) is 0 Å². The molecule has 2 aromatic carbocycles. The van der Waals surface area contributed by atoms with Crippen molar-refractivity contribution in [1.29, 1.82) is 0 Å². The first kappa shape index (κ1) is 15.5. The topological polar surface area (TPSA) is 78.4 Å². The molecule has 0 radical (unpaired) electrons. The SMILES string of the molecule is CS(=O)(=O)Nc1cccc(NCc2c(O)cccc2Cl)c1. The Balaban J connectivity index is 2.12. The smallest absolute Gasteiger partial charge is 0.229 e. The predicted octanol–water partition coefficient (Wildman–Crippen LogP) is 3.03. The monoisotopic (exact) mass is 326 g/mol. The molecule has 0 unspecified atom stereocenters. The lowest BCUT2D eigenvalue weighted by atomic mass is 10.2. The molecule has 0 saturated carbocycles. The fourth-order valence-corrected chi connectivity index (χ4v) is 2.61. The van der Waals surface area contributed by atoms with E-state index in [4.69, 9.17) is 11.6 Å². The quantitative estimate of drug-likeness (QED) is 0.789. The Morgan fingerprint density at radius 2 is 1.81 bits per heavy atom. The van der Waals surface area contributed by atoms with E-state index in [9.17, 15) is 13.5 Å². The van der Waals surface area contributed by atoms with Gasteiger partial charge in [0.25, 0.3) is 0 Å². The first-order chi connectivity index (χ1) is 9.85. The van der Waals surface area contributed by atoms with Crippen LogP contribution in [0, 0.1) is 0 Å². The van der Waals surface area contributed by atoms with Crippen LogP contribution in [0.15, 0.2) is 42.5 Å². The van der Waals surface area contributed by atoms with E-state index >= 15 is 0 Å². The van der Waals surface area contributed by atoms with Crippen LogP contribution in [0.4, 0.5) is 11.4 Å². The number of rotatable bonds is 5. The molecule has 0 spiro atoms. The van der Waals surface area contributed by atoms with Gasteiger partial charge in [-0.1, -0.05) is 23.7 Å². The van der Waals surface area contributed by atoms with Crippen molar-refractivity contribution in [3.8, 4) is 5.75 Å². The van der Waals surface area contributed by atoms with Crippen molar-refractivity contribution >= 4 is 33.0 Å². The number of nitrogens with one attached hydrogen (secondary N) is 2. The number of phenols is 1. The lowest BCUT2D eigenvalue weighted by Gasteiger charge is -2.11. The average Bonchev–Trinajstić information content (AvgIpc) is 2.36. The number of anilines is 2. The standard InChI is InChI=1S/C14H15ClN2O3S/c1-21(19,20)17-11-5-2-4-10(8-11)16-9-12-13(15)6-3-7-14(12)18/h2-8,16-18H,9H2,1H3. The van der Waals surface area contributed by atoms with Gasteiger partial charge in [-0.05, 0) is 30.3 Å². The predicted molar refractivity (Wildman–Crippen MR) is 85.4 cm³/mol. The van der Waals surface area contributed by atoms with Crippen LogP contribution in [0.25, 0.3) is 0 Å². The minimum Gasteiger partial charge on any atom is -0.508 e. The highest BCUT2D eigenvalue weighted by molar-refractivity contribution is 7.92. The molecule has 0 aliphatic heterocycles. The van der Waals surface area contributed by atoms with Crippen LogP contribution < -0.4 is 10.0 Å². The second-order valence-corrected chi connectivity index (χ2v) is 6.70. The first-order valence-electron chi connectivity index (χ1n) is 6.13. The second-order valence-electron chi connectivity index (χ2n) is 4.55. The number of benzene rings is 2. The Labute approximate surface area is 128 Å². The lowest BCUT2D eigenvalue weighted by molar-refractivity contribution is 0.469. The zero-order valence-electron chi connectivity index (χ0n) is 11.3. The largest absolute Gasteiger partial charge is 0.508 e. The average molecular weight is 327 g/mol. The summed E-state index contributed by atoms with van der Waals surface area (Å²) in [5, 5.41) is 13.3. The minimum atomic E-state index is -3.31. The highest BCUT2D eigenvalue weighted by Crippen LogP contribution is 2.26. The van der Waals surface area contributed by atoms with E-state index in [1.807, 2.05) is 0 Å². The molecule has 0 saturated heterocycles. The van der Waals surface area contributed by atoms with Crippen LogP contribution in [-0.4, -0.2) is 19.8 Å². The summed E-state index contributed by atoms with van der Waals surface area (Å²) < 4.78 is 24.8. The van der Waals surface area contributed by atoms with E-state index in [0.717, 1.165) is 6.26 Å². The molecule has 0 amide bonds. The third-order valence-electron chi connectivity index (χ3n) is 2.73. The summed E-state index contributed by atoms with van der Waals surface area (Å²) in [6, 6.07) is 11.8. The van der Waals surface area contributed by atoms with E-state index in [2.05, 4.69) is 10.0 Å². The Morgan fingerprint density at radius 3 is 2.48 bits per heavy atom. The molecule has 0 heterocycles. The molecule has 7 heteroatoms. The maximum Gasteiger partial charge on any atom is 0.229 e. The maximum absolute atomic E-state index is 11.2. The molecule has 0 fully saturated rings. The normalized spacial score (nSPS) is 11.1. The van der Waals surface area contributed by atoms with Gasteiger partial charge >= 0.3 is 0 Å². The number of phenolic OH excluding ortho intramolecular Hbond substituents is 1. The van der Waals surface area contributed by atoms with Gasteiger partial charge in [0.05, 0.1) is 11.9 Å². The van der Waals surface area contributed by atoms with Crippen molar-refractivity contribution in [3.63, 3.8) is 0 Å². The number of hydrogen-bond acceptors (Lipinski definition) is 4. The molecule has 0 atom stereocenters. The van der Waals surface area contributed by atoms with E-state index in [1.54, 1.807) is 42.5 Å². The van der Waals surface area contributed by atoms with Crippen LogP contribution in [0.3, 0.4) is 0 Å². The summed E-state index contributed by atoms with van der Waals surface area (Å²) in [6.07, 6.45) is 1.09. The molecular weight excluding hydrogens is 312 g/mol. The van der Waals surface area contributed by atoms with Crippen molar-refractivity contribution in [2.75, 3.05) is 16.3 Å². The van der Waals surface area contributed by atoms with Crippen LogP contribution in [0.5, 0.6) is 5.75 Å². The fourth-order valence-electron chi connectivity index (χ4n) is 1.82. The highest BCUT2D eigenvalue weighted by atomic mass is 35.5. The molecule has 0 aliphatic carbocycles. The van der Waals surface area contributed by atoms with Gasteiger partial charge < -0.3 is 10.4 Å². The Bertz CT molecular complexity index is 727. The van der Waals surface area contributed by atoms with Crippen LogP contribution in [0.2, 0.25) is 5.02 Å². The van der Waals surface area contributed by atoms with Gasteiger partial charge in [-0.3, -0.25) is 4.72 Å². The van der Waals surface area contributed by atoms with Crippen LogP contribution >= 0.6 is 11.6 Å². The number of halogens is 1. The van der Waals surface area contributed by atoms with Gasteiger partial charge in [0.1, 0.15) is 5.75 Å². The van der Waals surface area contributed by atoms with E-state index < -0.39 is 10.0 Å². The summed E-state index contributed by atoms with van der Waals surface area (Å²) >= 11 is 6.02. The van der Waals surface area contributed by atoms with Crippen molar-refractivity contribution in [2.45, 2.75) is 6.54 Å². The molecule has 5 nitrogen and oxygen atoms in total. The summed E-state index contributed by atoms with van der Waals surface area (Å²) in [6.45, 7) is 0.327. The van der Waals surface area contributed by atoms with Crippen LogP contribution in [0.1, 0.15) is 5.56 Å². The third-order valence-corrected chi connectivity index (χ3v) is 3.69. The third kappa shape index (κ3) is 4.54. The molecule has 0 bridgehead atoms.